The first kappa shape index (κ1) is 77.0. The molecular formula is BaO4RuSr. The molecule has 0 fully saturated rings. The van der Waals surface area contributed by atoms with Gasteiger partial charge in [-0.15, -0.1) is 0 Å². The molecule has 4 nitrogen and oxygen atoms in total. The first-order valence-electron chi connectivity index (χ1n) is 0. The molecule has 0 aliphatic heterocycles. The van der Waals surface area contributed by atoms with Crippen molar-refractivity contribution in [1.29, 1.82) is 0 Å². The second kappa shape index (κ2) is 55.8. The Bertz CT molecular complexity index is 11.7. The van der Waals surface area contributed by atoms with Gasteiger partial charge in [0.2, 0.25) is 0 Å². The van der Waals surface area contributed by atoms with E-state index in [0.29, 0.717) is 0 Å². The molecule has 0 aromatic carbocycles. The van der Waals surface area contributed by atoms with E-state index >= 15 is 0 Å². The van der Waals surface area contributed by atoms with Crippen molar-refractivity contribution in [2.24, 2.45) is 0 Å². The molecule has 0 amide bonds. The minimum atomic E-state index is 0. The fraction of sp³-hybridized carbons (Fsp3) is 0. The third-order valence-corrected chi connectivity index (χ3v) is 0. The number of hydrogen-bond acceptors (Lipinski definition) is 0. The van der Waals surface area contributed by atoms with E-state index in [1.807, 2.05) is 0 Å². The van der Waals surface area contributed by atoms with E-state index in [1.54, 1.807) is 0 Å². The Hall–Kier alpha value is 3.52. The second-order valence-electron chi connectivity index (χ2n) is 0. The standard InChI is InChI=1S/Ba.4O.Ru.Sr/q+2;4*-2;+4;+2. The van der Waals surface area contributed by atoms with Crippen LogP contribution >= 0.6 is 0 Å². The normalized spacial score (nSPS) is 0. The zero-order valence-corrected chi connectivity index (χ0v) is 13.1. The molecule has 0 aliphatic carbocycles. The van der Waals surface area contributed by atoms with Crippen LogP contribution in [0.15, 0.2) is 0 Å². The Morgan fingerprint density at radius 1 is 0.571 bits per heavy atom. The summed E-state index contributed by atoms with van der Waals surface area (Å²) in [6, 6.07) is 0. The van der Waals surface area contributed by atoms with Gasteiger partial charge >= 0.3 is 114 Å². The van der Waals surface area contributed by atoms with E-state index in [4.69, 9.17) is 0 Å². The fourth-order valence-corrected chi connectivity index (χ4v) is 0. The Morgan fingerprint density at radius 2 is 0.571 bits per heavy atom. The molecule has 7 heavy (non-hydrogen) atoms. The molecule has 0 rings (SSSR count). The van der Waals surface area contributed by atoms with Gasteiger partial charge in [0.1, 0.15) is 0 Å². The van der Waals surface area contributed by atoms with E-state index in [1.165, 1.54) is 0 Å². The summed E-state index contributed by atoms with van der Waals surface area (Å²) < 4.78 is 0. The molecule has 0 radical (unpaired) electrons. The zero-order chi connectivity index (χ0) is 0. The van der Waals surface area contributed by atoms with Gasteiger partial charge in [0.15, 0.2) is 0 Å². The molecule has 0 aliphatic rings. The maximum absolute atomic E-state index is 0. The van der Waals surface area contributed by atoms with Crippen LogP contribution in [0.1, 0.15) is 0 Å². The van der Waals surface area contributed by atoms with Crippen LogP contribution in [0.4, 0.5) is 0 Å². The van der Waals surface area contributed by atoms with Gasteiger partial charge < -0.3 is 21.9 Å². The van der Waals surface area contributed by atoms with Gasteiger partial charge in [0.05, 0.1) is 0 Å². The van der Waals surface area contributed by atoms with Crippen LogP contribution in [0.5, 0.6) is 0 Å². The van der Waals surface area contributed by atoms with Crippen molar-refractivity contribution in [3.05, 3.63) is 0 Å². The summed E-state index contributed by atoms with van der Waals surface area (Å²) in [4.78, 5) is 0. The maximum atomic E-state index is 0. The number of rotatable bonds is 0. The summed E-state index contributed by atoms with van der Waals surface area (Å²) >= 11 is 0. The van der Waals surface area contributed by atoms with E-state index < -0.39 is 0 Å². The third-order valence-electron chi connectivity index (χ3n) is 0. The maximum Gasteiger partial charge on any atom is 4.00 e. The van der Waals surface area contributed by atoms with E-state index in [2.05, 4.69) is 0 Å². The molecule has 0 spiro atoms. The van der Waals surface area contributed by atoms with Crippen molar-refractivity contribution in [2.75, 3.05) is 0 Å². The Morgan fingerprint density at radius 3 is 0.571 bits per heavy atom. The van der Waals surface area contributed by atoms with Gasteiger partial charge in [-0.25, -0.2) is 0 Å². The van der Waals surface area contributed by atoms with E-state index in [-0.39, 0.29) is 136 Å². The molecule has 0 saturated carbocycles. The van der Waals surface area contributed by atoms with Crippen molar-refractivity contribution in [1.82, 2.24) is 0 Å². The average molecular weight is 390 g/mol. The Balaban J connectivity index is 0. The summed E-state index contributed by atoms with van der Waals surface area (Å²) in [5.74, 6) is 0. The van der Waals surface area contributed by atoms with Gasteiger partial charge in [-0.2, -0.15) is 0 Å². The van der Waals surface area contributed by atoms with E-state index in [9.17, 15) is 0 Å². The van der Waals surface area contributed by atoms with Crippen molar-refractivity contribution >= 4 is 94.4 Å². The van der Waals surface area contributed by atoms with Crippen LogP contribution in [0.2, 0.25) is 0 Å². The largest absolute Gasteiger partial charge is 4.00 e. The average Bonchev–Trinajstić information content (AvgIpc) is 0. The van der Waals surface area contributed by atoms with Crippen molar-refractivity contribution in [3.63, 3.8) is 0 Å². The molecule has 0 unspecified atom stereocenters. The van der Waals surface area contributed by atoms with E-state index in [0.717, 1.165) is 0 Å². The van der Waals surface area contributed by atoms with Crippen LogP contribution in [-0.4, -0.2) is 94.4 Å². The predicted octanol–water partition coefficient (Wildman–Crippen LogP) is -1.24. The van der Waals surface area contributed by atoms with Gasteiger partial charge in [0, 0.05) is 0 Å². The molecule has 36 valence electrons. The minimum Gasteiger partial charge on any atom is -2.00 e. The summed E-state index contributed by atoms with van der Waals surface area (Å²) in [6.07, 6.45) is 0. The van der Waals surface area contributed by atoms with Gasteiger partial charge in [-0.1, -0.05) is 0 Å². The molecule has 7 heteroatoms. The molecule has 0 heterocycles. The molecular weight excluding hydrogens is 390 g/mol. The van der Waals surface area contributed by atoms with Gasteiger partial charge in [-0.3, -0.25) is 0 Å². The zero-order valence-electron chi connectivity index (χ0n) is 3.40. The van der Waals surface area contributed by atoms with Crippen LogP contribution in [0.3, 0.4) is 0 Å². The summed E-state index contributed by atoms with van der Waals surface area (Å²) in [6.45, 7) is 0. The van der Waals surface area contributed by atoms with Crippen molar-refractivity contribution in [2.45, 2.75) is 0 Å². The van der Waals surface area contributed by atoms with Crippen LogP contribution < -0.4 is 0 Å². The molecule has 0 N–H and O–H groups in total. The third kappa shape index (κ3) is 43.5. The summed E-state index contributed by atoms with van der Waals surface area (Å²) in [7, 11) is 0. The fourth-order valence-electron chi connectivity index (χ4n) is 0. The Labute approximate surface area is 132 Å². The number of hydrogen-bond donors (Lipinski definition) is 0. The smallest absolute Gasteiger partial charge is 2.00 e. The van der Waals surface area contributed by atoms with Gasteiger partial charge in [0.25, 0.3) is 0 Å². The minimum absolute atomic E-state index is 0. The van der Waals surface area contributed by atoms with Gasteiger partial charge in [-0.05, 0) is 0 Å². The molecule has 0 saturated heterocycles. The monoisotopic (exact) mass is 392 g/mol. The predicted molar refractivity (Wildman–Crippen MR) is 14.3 cm³/mol. The molecule has 0 bridgehead atoms. The van der Waals surface area contributed by atoms with Crippen molar-refractivity contribution < 1.29 is 41.4 Å². The SMILES string of the molecule is [Ba+2].[O-2].[O-2].[O-2].[O-2].[Ru+4].[Sr+2]. The van der Waals surface area contributed by atoms with Crippen LogP contribution in [0, 0.1) is 0 Å². The first-order chi connectivity index (χ1) is 0. The van der Waals surface area contributed by atoms with Crippen LogP contribution in [-0.2, 0) is 41.4 Å². The quantitative estimate of drug-likeness (QED) is 0.461. The van der Waals surface area contributed by atoms with Crippen molar-refractivity contribution in [3.8, 4) is 0 Å². The second-order valence-corrected chi connectivity index (χ2v) is 0. The topological polar surface area (TPSA) is 114 Å². The molecule has 0 atom stereocenters. The Kier molecular flexibility index (Phi) is 615. The summed E-state index contributed by atoms with van der Waals surface area (Å²) in [5, 5.41) is 0. The first-order valence-corrected chi connectivity index (χ1v) is 0. The molecule has 0 aromatic rings. The van der Waals surface area contributed by atoms with Crippen LogP contribution in [0.25, 0.3) is 0 Å². The summed E-state index contributed by atoms with van der Waals surface area (Å²) in [5.41, 5.74) is 0. The molecule has 0 aromatic heterocycles.